The van der Waals surface area contributed by atoms with Crippen LogP contribution in [0.1, 0.15) is 117 Å². The number of hydrogen-bond donors (Lipinski definition) is 2. The van der Waals surface area contributed by atoms with E-state index in [-0.39, 0.29) is 11.5 Å². The molecule has 5 heteroatoms. The monoisotopic (exact) mass is 514 g/mol. The SMILES string of the molecule is CCCCCCCCCCOc1cc(Oc2ccc(O)c(OCCCCCCCCCC)c2)ccc1O. The molecule has 0 aliphatic rings. The zero-order valence-corrected chi connectivity index (χ0v) is 23.3. The molecule has 2 N–H and O–H groups in total. The van der Waals surface area contributed by atoms with Crippen molar-refractivity contribution in [1.29, 1.82) is 0 Å². The molecule has 5 nitrogen and oxygen atoms in total. The lowest BCUT2D eigenvalue weighted by atomic mass is 10.1. The fourth-order valence-electron chi connectivity index (χ4n) is 4.32. The summed E-state index contributed by atoms with van der Waals surface area (Å²) >= 11 is 0. The van der Waals surface area contributed by atoms with E-state index >= 15 is 0 Å². The first-order chi connectivity index (χ1) is 18.1. The number of phenols is 2. The number of rotatable bonds is 22. The van der Waals surface area contributed by atoms with Gasteiger partial charge in [-0.15, -0.1) is 0 Å². The van der Waals surface area contributed by atoms with Crippen molar-refractivity contribution in [1.82, 2.24) is 0 Å². The second kappa shape index (κ2) is 19.5. The predicted octanol–water partition coefficient (Wildman–Crippen LogP) is 9.93. The summed E-state index contributed by atoms with van der Waals surface area (Å²) in [6.07, 6.45) is 19.8. The predicted molar refractivity (Wildman–Crippen MR) is 152 cm³/mol. The molecule has 2 rings (SSSR count). The van der Waals surface area contributed by atoms with Crippen LogP contribution < -0.4 is 14.2 Å². The Morgan fingerprint density at radius 1 is 0.486 bits per heavy atom. The van der Waals surface area contributed by atoms with E-state index in [0.29, 0.717) is 36.2 Å². The molecule has 0 heterocycles. The fourth-order valence-corrected chi connectivity index (χ4v) is 4.32. The van der Waals surface area contributed by atoms with Crippen molar-refractivity contribution < 1.29 is 24.4 Å². The minimum atomic E-state index is 0.104. The van der Waals surface area contributed by atoms with Gasteiger partial charge in [-0.3, -0.25) is 0 Å². The van der Waals surface area contributed by atoms with Crippen LogP contribution >= 0.6 is 0 Å². The van der Waals surface area contributed by atoms with E-state index < -0.39 is 0 Å². The highest BCUT2D eigenvalue weighted by Gasteiger charge is 2.09. The van der Waals surface area contributed by atoms with Crippen LogP contribution in [-0.2, 0) is 0 Å². The van der Waals surface area contributed by atoms with Crippen molar-refractivity contribution in [2.45, 2.75) is 117 Å². The van der Waals surface area contributed by atoms with Crippen LogP contribution in [0.4, 0.5) is 0 Å². The molecule has 37 heavy (non-hydrogen) atoms. The zero-order valence-electron chi connectivity index (χ0n) is 23.3. The van der Waals surface area contributed by atoms with Gasteiger partial charge in [0.05, 0.1) is 13.2 Å². The van der Waals surface area contributed by atoms with Crippen molar-refractivity contribution >= 4 is 0 Å². The van der Waals surface area contributed by atoms with Crippen molar-refractivity contribution in [3.05, 3.63) is 36.4 Å². The van der Waals surface area contributed by atoms with E-state index in [1.165, 1.54) is 77.0 Å². The number of aromatic hydroxyl groups is 2. The Morgan fingerprint density at radius 3 is 1.22 bits per heavy atom. The lowest BCUT2D eigenvalue weighted by Gasteiger charge is -2.13. The van der Waals surface area contributed by atoms with Gasteiger partial charge in [-0.25, -0.2) is 0 Å². The Balaban J connectivity index is 1.73. The van der Waals surface area contributed by atoms with Crippen LogP contribution in [-0.4, -0.2) is 23.4 Å². The van der Waals surface area contributed by atoms with Crippen molar-refractivity contribution in [2.75, 3.05) is 13.2 Å². The molecule has 0 aliphatic carbocycles. The van der Waals surface area contributed by atoms with Crippen LogP contribution in [0, 0.1) is 0 Å². The first-order valence-electron chi connectivity index (χ1n) is 14.7. The van der Waals surface area contributed by atoms with E-state index in [4.69, 9.17) is 14.2 Å². The molecular formula is C32H50O5. The number of ether oxygens (including phenoxy) is 3. The minimum absolute atomic E-state index is 0.104. The normalized spacial score (nSPS) is 11.0. The highest BCUT2D eigenvalue weighted by atomic mass is 16.5. The van der Waals surface area contributed by atoms with Crippen LogP contribution in [0.15, 0.2) is 36.4 Å². The zero-order chi connectivity index (χ0) is 26.6. The van der Waals surface area contributed by atoms with Gasteiger partial charge in [-0.05, 0) is 37.1 Å². The summed E-state index contributed by atoms with van der Waals surface area (Å²) in [5.74, 6) is 2.17. The summed E-state index contributed by atoms with van der Waals surface area (Å²) in [4.78, 5) is 0. The third kappa shape index (κ3) is 13.5. The first-order valence-corrected chi connectivity index (χ1v) is 14.7. The van der Waals surface area contributed by atoms with E-state index in [1.54, 1.807) is 36.4 Å². The van der Waals surface area contributed by atoms with Crippen molar-refractivity contribution in [2.24, 2.45) is 0 Å². The Hall–Kier alpha value is -2.56. The van der Waals surface area contributed by atoms with E-state index in [0.717, 1.165) is 25.7 Å². The van der Waals surface area contributed by atoms with Crippen molar-refractivity contribution in [3.63, 3.8) is 0 Å². The van der Waals surface area contributed by atoms with Crippen LogP contribution in [0.3, 0.4) is 0 Å². The quantitative estimate of drug-likeness (QED) is 0.153. The molecule has 208 valence electrons. The molecule has 2 aromatic rings. The average molecular weight is 515 g/mol. The number of unbranched alkanes of at least 4 members (excludes halogenated alkanes) is 14. The summed E-state index contributed by atoms with van der Waals surface area (Å²) in [6.45, 7) is 5.62. The lowest BCUT2D eigenvalue weighted by molar-refractivity contribution is 0.285. The molecular weight excluding hydrogens is 464 g/mol. The van der Waals surface area contributed by atoms with Crippen LogP contribution in [0.2, 0.25) is 0 Å². The maximum atomic E-state index is 10.2. The van der Waals surface area contributed by atoms with Gasteiger partial charge >= 0.3 is 0 Å². The number of hydrogen-bond acceptors (Lipinski definition) is 5. The first kappa shape index (κ1) is 30.7. The Morgan fingerprint density at radius 2 is 0.838 bits per heavy atom. The highest BCUT2D eigenvalue weighted by molar-refractivity contribution is 5.48. The summed E-state index contributed by atoms with van der Waals surface area (Å²) in [5, 5.41) is 20.4. The van der Waals surface area contributed by atoms with Crippen LogP contribution in [0.25, 0.3) is 0 Å². The number of phenolic OH excluding ortho intramolecular Hbond substituents is 2. The smallest absolute Gasteiger partial charge is 0.164 e. The van der Waals surface area contributed by atoms with Crippen LogP contribution in [0.5, 0.6) is 34.5 Å². The van der Waals surface area contributed by atoms with Gasteiger partial charge in [0.1, 0.15) is 11.5 Å². The summed E-state index contributed by atoms with van der Waals surface area (Å²) in [7, 11) is 0. The van der Waals surface area contributed by atoms with Gasteiger partial charge in [0.15, 0.2) is 23.0 Å². The summed E-state index contributed by atoms with van der Waals surface area (Å²) in [5.41, 5.74) is 0. The van der Waals surface area contributed by atoms with Crippen molar-refractivity contribution in [3.8, 4) is 34.5 Å². The third-order valence-corrected chi connectivity index (χ3v) is 6.61. The molecule has 0 saturated carbocycles. The molecule has 0 atom stereocenters. The Labute approximate surface area is 225 Å². The molecule has 2 aromatic carbocycles. The minimum Gasteiger partial charge on any atom is -0.504 e. The highest BCUT2D eigenvalue weighted by Crippen LogP contribution is 2.36. The summed E-state index contributed by atoms with van der Waals surface area (Å²) < 4.78 is 17.6. The molecule has 0 bridgehead atoms. The molecule has 0 unspecified atom stereocenters. The molecule has 0 saturated heterocycles. The topological polar surface area (TPSA) is 68.2 Å². The maximum Gasteiger partial charge on any atom is 0.164 e. The molecule has 0 aliphatic heterocycles. The largest absolute Gasteiger partial charge is 0.504 e. The second-order valence-corrected chi connectivity index (χ2v) is 10.0. The van der Waals surface area contributed by atoms with Gasteiger partial charge in [0.2, 0.25) is 0 Å². The molecule has 0 fully saturated rings. The maximum absolute atomic E-state index is 10.2. The standard InChI is InChI=1S/C32H50O5/c1-3-5-7-9-11-13-15-17-23-35-31-25-27(19-21-29(31)33)37-28-20-22-30(34)32(26-28)36-24-18-16-14-12-10-8-6-4-2/h19-22,25-26,33-34H,3-18,23-24H2,1-2H3. The number of benzene rings is 2. The third-order valence-electron chi connectivity index (χ3n) is 6.61. The van der Waals surface area contributed by atoms with E-state index in [9.17, 15) is 10.2 Å². The van der Waals surface area contributed by atoms with Gasteiger partial charge in [-0.2, -0.15) is 0 Å². The van der Waals surface area contributed by atoms with Gasteiger partial charge in [0, 0.05) is 12.1 Å². The van der Waals surface area contributed by atoms with Gasteiger partial charge in [0.25, 0.3) is 0 Å². The second-order valence-electron chi connectivity index (χ2n) is 10.0. The summed E-state index contributed by atoms with van der Waals surface area (Å²) in [6, 6.07) is 9.97. The molecule has 0 aromatic heterocycles. The van der Waals surface area contributed by atoms with E-state index in [1.807, 2.05) is 0 Å². The lowest BCUT2D eigenvalue weighted by Crippen LogP contribution is -1.99. The molecule has 0 spiro atoms. The van der Waals surface area contributed by atoms with Gasteiger partial charge in [-0.1, -0.05) is 104 Å². The molecule has 0 radical (unpaired) electrons. The fraction of sp³-hybridized carbons (Fsp3) is 0.625. The Kier molecular flexibility index (Phi) is 16.2. The van der Waals surface area contributed by atoms with Gasteiger partial charge < -0.3 is 24.4 Å². The average Bonchev–Trinajstić information content (AvgIpc) is 2.90. The van der Waals surface area contributed by atoms with E-state index in [2.05, 4.69) is 13.8 Å². The Bertz CT molecular complexity index is 782. The molecule has 0 amide bonds.